The molecule has 4 rings (SSSR count). The minimum Gasteiger partial charge on any atom is -0.482 e. The zero-order valence-electron chi connectivity index (χ0n) is 21.0. The maximum Gasteiger partial charge on any atom is 0.261 e. The van der Waals surface area contributed by atoms with E-state index < -0.39 is 16.1 Å². The van der Waals surface area contributed by atoms with Gasteiger partial charge in [0.25, 0.3) is 5.91 Å². The number of hydrogen-bond donors (Lipinski definition) is 1. The summed E-state index contributed by atoms with van der Waals surface area (Å²) in [6.07, 6.45) is 0. The molecule has 8 heteroatoms. The Morgan fingerprint density at radius 3 is 1.89 bits per heavy atom. The van der Waals surface area contributed by atoms with Crippen molar-refractivity contribution < 1.29 is 17.9 Å². The molecule has 0 fully saturated rings. The Hall–Kier alpha value is -3.65. The van der Waals surface area contributed by atoms with Crippen molar-refractivity contribution in [2.45, 2.75) is 31.0 Å². The fraction of sp³-hybridized carbons (Fsp3) is 0.167. The van der Waals surface area contributed by atoms with Crippen LogP contribution in [0.15, 0.2) is 114 Å². The zero-order chi connectivity index (χ0) is 27.0. The van der Waals surface area contributed by atoms with Crippen molar-refractivity contribution in [2.24, 2.45) is 0 Å². The third-order valence-corrected chi connectivity index (χ3v) is 7.82. The Kier molecular flexibility index (Phi) is 9.18. The van der Waals surface area contributed by atoms with Crippen molar-refractivity contribution >= 4 is 27.5 Å². The Labute approximate surface area is 228 Å². The van der Waals surface area contributed by atoms with Gasteiger partial charge in [-0.15, -0.1) is 0 Å². The molecule has 0 radical (unpaired) electrons. The van der Waals surface area contributed by atoms with Crippen LogP contribution in [0.1, 0.15) is 29.7 Å². The summed E-state index contributed by atoms with van der Waals surface area (Å²) in [4.78, 5) is 14.9. The monoisotopic (exact) mass is 548 g/mol. The molecule has 196 valence electrons. The number of ether oxygens (including phenoxy) is 1. The molecule has 0 aromatic heterocycles. The number of amides is 1. The second kappa shape index (κ2) is 12.7. The smallest absolute Gasteiger partial charge is 0.261 e. The Bertz CT molecular complexity index is 1410. The summed E-state index contributed by atoms with van der Waals surface area (Å²) >= 11 is 6.37. The molecule has 0 saturated carbocycles. The number of hydrogen-bond acceptors (Lipinski definition) is 4. The van der Waals surface area contributed by atoms with E-state index >= 15 is 0 Å². The average Bonchev–Trinajstić information content (AvgIpc) is 2.93. The third-order valence-electron chi connectivity index (χ3n) is 5.98. The van der Waals surface area contributed by atoms with E-state index in [9.17, 15) is 13.2 Å². The van der Waals surface area contributed by atoms with Crippen molar-refractivity contribution in [3.05, 3.63) is 131 Å². The molecule has 1 amide bonds. The van der Waals surface area contributed by atoms with Gasteiger partial charge in [-0.25, -0.2) is 13.1 Å². The van der Waals surface area contributed by atoms with Crippen molar-refractivity contribution in [1.29, 1.82) is 0 Å². The van der Waals surface area contributed by atoms with Crippen LogP contribution in [0.2, 0.25) is 5.02 Å². The van der Waals surface area contributed by atoms with Gasteiger partial charge in [-0.2, -0.15) is 0 Å². The van der Waals surface area contributed by atoms with Gasteiger partial charge >= 0.3 is 0 Å². The minimum absolute atomic E-state index is 0.0127. The molecule has 6 nitrogen and oxygen atoms in total. The molecule has 0 bridgehead atoms. The van der Waals surface area contributed by atoms with Gasteiger partial charge in [0.15, 0.2) is 6.61 Å². The summed E-state index contributed by atoms with van der Waals surface area (Å²) in [5.41, 5.74) is 2.85. The second-order valence-corrected chi connectivity index (χ2v) is 11.0. The largest absolute Gasteiger partial charge is 0.482 e. The standard InChI is InChI=1S/C30H29ClN2O4S/c1-23(26-15-9-4-10-16-26)32-38(35,36)27-17-18-29(28(31)19-27)37-22-30(34)33(20-24-11-5-2-6-12-24)21-25-13-7-3-8-14-25/h2-19,23,32H,20-22H2,1H3/t23-/m1/s1. The van der Waals surface area contributed by atoms with Gasteiger partial charge in [0.2, 0.25) is 10.0 Å². The minimum atomic E-state index is -3.83. The molecule has 0 aliphatic rings. The maximum absolute atomic E-state index is 13.2. The van der Waals surface area contributed by atoms with Crippen LogP contribution in [0.5, 0.6) is 5.75 Å². The predicted molar refractivity (Wildman–Crippen MR) is 149 cm³/mol. The summed E-state index contributed by atoms with van der Waals surface area (Å²) in [6.45, 7) is 2.38. The summed E-state index contributed by atoms with van der Waals surface area (Å²) < 4.78 is 34.2. The van der Waals surface area contributed by atoms with Gasteiger partial charge in [-0.05, 0) is 41.8 Å². The second-order valence-electron chi connectivity index (χ2n) is 8.86. The molecular formula is C30H29ClN2O4S. The third kappa shape index (κ3) is 7.44. The number of nitrogens with zero attached hydrogens (tertiary/aromatic N) is 1. The molecule has 38 heavy (non-hydrogen) atoms. The zero-order valence-corrected chi connectivity index (χ0v) is 22.5. The van der Waals surface area contributed by atoms with Crippen LogP contribution >= 0.6 is 11.6 Å². The van der Waals surface area contributed by atoms with Gasteiger partial charge in [-0.1, -0.05) is 103 Å². The molecular weight excluding hydrogens is 520 g/mol. The van der Waals surface area contributed by atoms with E-state index in [1.807, 2.05) is 91.0 Å². The fourth-order valence-corrected chi connectivity index (χ4v) is 5.50. The molecule has 0 saturated heterocycles. The number of benzene rings is 4. The van der Waals surface area contributed by atoms with E-state index in [-0.39, 0.29) is 28.2 Å². The lowest BCUT2D eigenvalue weighted by molar-refractivity contribution is -0.134. The molecule has 4 aromatic carbocycles. The molecule has 0 aliphatic heterocycles. The highest BCUT2D eigenvalue weighted by Crippen LogP contribution is 2.28. The predicted octanol–water partition coefficient (Wildman–Crippen LogP) is 5.99. The van der Waals surface area contributed by atoms with E-state index in [1.165, 1.54) is 18.2 Å². The van der Waals surface area contributed by atoms with E-state index in [0.717, 1.165) is 16.7 Å². The summed E-state index contributed by atoms with van der Waals surface area (Å²) in [6, 6.07) is 32.5. The number of carbonyl (C=O) groups excluding carboxylic acids is 1. The summed E-state index contributed by atoms with van der Waals surface area (Å²) in [5.74, 6) is 0.0123. The quantitative estimate of drug-likeness (QED) is 0.250. The lowest BCUT2D eigenvalue weighted by Crippen LogP contribution is -2.34. The van der Waals surface area contributed by atoms with Crippen LogP contribution in [0.25, 0.3) is 0 Å². The van der Waals surface area contributed by atoms with Crippen LogP contribution in [0, 0.1) is 0 Å². The first-order valence-corrected chi connectivity index (χ1v) is 14.0. The average molecular weight is 549 g/mol. The van der Waals surface area contributed by atoms with E-state index in [1.54, 1.807) is 11.8 Å². The van der Waals surface area contributed by atoms with Gasteiger partial charge < -0.3 is 9.64 Å². The Morgan fingerprint density at radius 1 is 0.842 bits per heavy atom. The molecule has 1 atom stereocenters. The van der Waals surface area contributed by atoms with Crippen LogP contribution < -0.4 is 9.46 Å². The van der Waals surface area contributed by atoms with Gasteiger partial charge in [0.05, 0.1) is 9.92 Å². The van der Waals surface area contributed by atoms with Crippen molar-refractivity contribution in [2.75, 3.05) is 6.61 Å². The highest BCUT2D eigenvalue weighted by molar-refractivity contribution is 7.89. The van der Waals surface area contributed by atoms with Crippen LogP contribution in [0.3, 0.4) is 0 Å². The first-order valence-electron chi connectivity index (χ1n) is 12.2. The van der Waals surface area contributed by atoms with Gasteiger partial charge in [-0.3, -0.25) is 4.79 Å². The number of nitrogens with one attached hydrogen (secondary N) is 1. The number of sulfonamides is 1. The Morgan fingerprint density at radius 2 is 1.37 bits per heavy atom. The highest BCUT2D eigenvalue weighted by atomic mass is 35.5. The fourth-order valence-electron chi connectivity index (χ4n) is 3.95. The molecule has 0 aliphatic carbocycles. The van der Waals surface area contributed by atoms with E-state index in [4.69, 9.17) is 16.3 Å². The Balaban J connectivity index is 1.43. The van der Waals surface area contributed by atoms with Crippen molar-refractivity contribution in [3.63, 3.8) is 0 Å². The molecule has 0 spiro atoms. The van der Waals surface area contributed by atoms with Gasteiger partial charge in [0, 0.05) is 19.1 Å². The number of halogens is 1. The number of rotatable bonds is 11. The normalized spacial score (nSPS) is 12.1. The van der Waals surface area contributed by atoms with Crippen molar-refractivity contribution in [1.82, 2.24) is 9.62 Å². The highest BCUT2D eigenvalue weighted by Gasteiger charge is 2.21. The lowest BCUT2D eigenvalue weighted by atomic mass is 10.1. The first kappa shape index (κ1) is 27.4. The molecule has 0 heterocycles. The van der Waals surface area contributed by atoms with Crippen LogP contribution in [-0.4, -0.2) is 25.8 Å². The van der Waals surface area contributed by atoms with Crippen LogP contribution in [0.4, 0.5) is 0 Å². The van der Waals surface area contributed by atoms with Crippen LogP contribution in [-0.2, 0) is 27.9 Å². The number of carbonyl (C=O) groups is 1. The summed E-state index contributed by atoms with van der Waals surface area (Å²) in [5, 5.41) is 0.103. The molecule has 1 N–H and O–H groups in total. The first-order chi connectivity index (χ1) is 18.3. The topological polar surface area (TPSA) is 75.7 Å². The van der Waals surface area contributed by atoms with E-state index in [2.05, 4.69) is 4.72 Å². The molecule has 4 aromatic rings. The summed E-state index contributed by atoms with van der Waals surface area (Å²) in [7, 11) is -3.83. The van der Waals surface area contributed by atoms with Crippen molar-refractivity contribution in [3.8, 4) is 5.75 Å². The SMILES string of the molecule is C[C@@H](NS(=O)(=O)c1ccc(OCC(=O)N(Cc2ccccc2)Cc2ccccc2)c(Cl)c1)c1ccccc1. The lowest BCUT2D eigenvalue weighted by Gasteiger charge is -2.23. The maximum atomic E-state index is 13.2. The van der Waals surface area contributed by atoms with Gasteiger partial charge in [0.1, 0.15) is 5.75 Å². The van der Waals surface area contributed by atoms with E-state index in [0.29, 0.717) is 13.1 Å². The molecule has 0 unspecified atom stereocenters.